The Morgan fingerprint density at radius 2 is 1.96 bits per heavy atom. The topological polar surface area (TPSA) is 90.9 Å². The van der Waals surface area contributed by atoms with E-state index in [2.05, 4.69) is 5.32 Å². The average molecular weight is 412 g/mol. The van der Waals surface area contributed by atoms with Crippen LogP contribution in [0.3, 0.4) is 0 Å². The first kappa shape index (κ1) is 19.3. The molecule has 1 amide bonds. The molecule has 1 aliphatic heterocycles. The average Bonchev–Trinajstić information content (AvgIpc) is 2.77. The summed E-state index contributed by atoms with van der Waals surface area (Å²) < 4.78 is 38.7. The molecule has 9 heteroatoms. The molecule has 2 aromatic rings. The Labute approximate surface area is 162 Å². The molecule has 0 aromatic heterocycles. The van der Waals surface area contributed by atoms with Gasteiger partial charge in [-0.25, -0.2) is 4.79 Å². The van der Waals surface area contributed by atoms with Gasteiger partial charge in [0.1, 0.15) is 11.5 Å². The number of carbonyl (C=O) groups is 1. The van der Waals surface area contributed by atoms with Gasteiger partial charge in [0.2, 0.25) is 0 Å². The van der Waals surface area contributed by atoms with E-state index in [1.165, 1.54) is 6.07 Å². The number of anilines is 1. The van der Waals surface area contributed by atoms with Crippen LogP contribution in [0, 0.1) is 0 Å². The Morgan fingerprint density at radius 3 is 2.63 bits per heavy atom. The summed E-state index contributed by atoms with van der Waals surface area (Å²) in [6.45, 7) is 3.64. The number of fused-ring (bicyclic) bond motifs is 1. The minimum atomic E-state index is -3.65. The Morgan fingerprint density at radius 1 is 1.22 bits per heavy atom. The van der Waals surface area contributed by atoms with Gasteiger partial charge in [-0.3, -0.25) is 5.32 Å². The van der Waals surface area contributed by atoms with Gasteiger partial charge < -0.3 is 13.7 Å². The summed E-state index contributed by atoms with van der Waals surface area (Å²) in [4.78, 5) is 12.2. The summed E-state index contributed by atoms with van der Waals surface area (Å²) >= 11 is 5.89. The predicted octanol–water partition coefficient (Wildman–Crippen LogP) is 3.92. The molecule has 27 heavy (non-hydrogen) atoms. The fourth-order valence-electron chi connectivity index (χ4n) is 2.71. The number of halogens is 1. The van der Waals surface area contributed by atoms with Crippen molar-refractivity contribution in [3.8, 4) is 11.5 Å². The molecule has 0 saturated heterocycles. The van der Waals surface area contributed by atoms with Crippen LogP contribution in [0.5, 0.6) is 11.5 Å². The highest BCUT2D eigenvalue weighted by Crippen LogP contribution is 2.45. The van der Waals surface area contributed by atoms with Gasteiger partial charge in [-0.2, -0.15) is 8.42 Å². The standard InChI is InChI=1S/C18H18ClNO6S/c1-18(2)14-10-13(26-27(3,22)23)7-8-15(14)24-16(18)25-17(21)20-12-6-4-5-11(19)9-12/h4-10,16H,1-3H3,(H,20,21). The van der Waals surface area contributed by atoms with Crippen molar-refractivity contribution in [3.05, 3.63) is 53.1 Å². The molecule has 1 N–H and O–H groups in total. The Bertz CT molecular complexity index is 989. The summed E-state index contributed by atoms with van der Waals surface area (Å²) in [5.41, 5.74) is 0.437. The normalized spacial score (nSPS) is 17.6. The van der Waals surface area contributed by atoms with Gasteiger partial charge in [0.05, 0.1) is 11.7 Å². The third kappa shape index (κ3) is 4.45. The van der Waals surface area contributed by atoms with E-state index < -0.39 is 27.9 Å². The quantitative estimate of drug-likeness (QED) is 0.766. The molecule has 0 spiro atoms. The SMILES string of the molecule is CC1(C)c2cc(OS(C)(=O)=O)ccc2OC1OC(=O)Nc1cccc(Cl)c1. The summed E-state index contributed by atoms with van der Waals surface area (Å²) in [5, 5.41) is 3.07. The van der Waals surface area contributed by atoms with Crippen LogP contribution in [0.4, 0.5) is 10.5 Å². The molecule has 1 unspecified atom stereocenters. The van der Waals surface area contributed by atoms with Crippen molar-refractivity contribution >= 4 is 33.5 Å². The van der Waals surface area contributed by atoms with Crippen LogP contribution >= 0.6 is 11.6 Å². The fraction of sp³-hybridized carbons (Fsp3) is 0.278. The van der Waals surface area contributed by atoms with Crippen molar-refractivity contribution in [1.82, 2.24) is 0 Å². The van der Waals surface area contributed by atoms with Crippen molar-refractivity contribution in [2.45, 2.75) is 25.6 Å². The third-order valence-electron chi connectivity index (χ3n) is 4.00. The summed E-state index contributed by atoms with van der Waals surface area (Å²) in [6.07, 6.45) is -0.635. The van der Waals surface area contributed by atoms with Crippen molar-refractivity contribution in [2.24, 2.45) is 0 Å². The number of hydrogen-bond acceptors (Lipinski definition) is 6. The van der Waals surface area contributed by atoms with Crippen LogP contribution in [0.2, 0.25) is 5.02 Å². The fourth-order valence-corrected chi connectivity index (χ4v) is 3.36. The summed E-state index contributed by atoms with van der Waals surface area (Å²) in [6, 6.07) is 11.3. The molecular weight excluding hydrogens is 394 g/mol. The van der Waals surface area contributed by atoms with Gasteiger partial charge in [0.15, 0.2) is 0 Å². The smallest absolute Gasteiger partial charge is 0.414 e. The van der Waals surface area contributed by atoms with Crippen LogP contribution in [0.1, 0.15) is 19.4 Å². The first-order chi connectivity index (χ1) is 12.5. The second-order valence-electron chi connectivity index (χ2n) is 6.66. The van der Waals surface area contributed by atoms with Crippen molar-refractivity contribution in [3.63, 3.8) is 0 Å². The van der Waals surface area contributed by atoms with E-state index in [1.54, 1.807) is 36.4 Å². The minimum Gasteiger partial charge on any atom is -0.453 e. The van der Waals surface area contributed by atoms with E-state index in [4.69, 9.17) is 25.3 Å². The van der Waals surface area contributed by atoms with Gasteiger partial charge in [0.25, 0.3) is 6.29 Å². The maximum atomic E-state index is 12.2. The number of amides is 1. The lowest BCUT2D eigenvalue weighted by Crippen LogP contribution is -2.37. The molecule has 0 saturated carbocycles. The number of nitrogens with one attached hydrogen (secondary N) is 1. The van der Waals surface area contributed by atoms with E-state index in [-0.39, 0.29) is 5.75 Å². The molecule has 7 nitrogen and oxygen atoms in total. The van der Waals surface area contributed by atoms with Crippen molar-refractivity contribution in [2.75, 3.05) is 11.6 Å². The van der Waals surface area contributed by atoms with Crippen LogP contribution in [0.25, 0.3) is 0 Å². The lowest BCUT2D eigenvalue weighted by Gasteiger charge is -2.25. The first-order valence-electron chi connectivity index (χ1n) is 7.98. The number of rotatable bonds is 4. The zero-order valence-corrected chi connectivity index (χ0v) is 16.4. The molecular formula is C18H18ClNO6S. The van der Waals surface area contributed by atoms with E-state index >= 15 is 0 Å². The summed E-state index contributed by atoms with van der Waals surface area (Å²) in [5.74, 6) is 0.651. The molecule has 3 rings (SSSR count). The molecule has 1 atom stereocenters. The van der Waals surface area contributed by atoms with Crippen LogP contribution in [0.15, 0.2) is 42.5 Å². The largest absolute Gasteiger partial charge is 0.453 e. The van der Waals surface area contributed by atoms with Crippen molar-refractivity contribution in [1.29, 1.82) is 0 Å². The highest BCUT2D eigenvalue weighted by Gasteiger charge is 2.44. The lowest BCUT2D eigenvalue weighted by molar-refractivity contribution is -0.0512. The molecule has 2 aromatic carbocycles. The Kier molecular flexibility index (Phi) is 4.96. The van der Waals surface area contributed by atoms with E-state index in [9.17, 15) is 13.2 Å². The zero-order valence-electron chi connectivity index (χ0n) is 14.9. The first-order valence-corrected chi connectivity index (χ1v) is 10.2. The van der Waals surface area contributed by atoms with Crippen LogP contribution in [-0.4, -0.2) is 27.1 Å². The minimum absolute atomic E-state index is 0.164. The van der Waals surface area contributed by atoms with Gasteiger partial charge in [-0.1, -0.05) is 17.7 Å². The number of hydrogen-bond donors (Lipinski definition) is 1. The second kappa shape index (κ2) is 6.94. The van der Waals surface area contributed by atoms with Crippen LogP contribution < -0.4 is 14.2 Å². The molecule has 0 fully saturated rings. The molecule has 1 heterocycles. The monoisotopic (exact) mass is 411 g/mol. The Hall–Kier alpha value is -2.45. The number of benzene rings is 2. The van der Waals surface area contributed by atoms with Gasteiger partial charge in [-0.15, -0.1) is 0 Å². The van der Waals surface area contributed by atoms with Gasteiger partial charge in [0, 0.05) is 16.3 Å². The molecule has 0 aliphatic carbocycles. The molecule has 0 radical (unpaired) electrons. The van der Waals surface area contributed by atoms with E-state index in [1.807, 2.05) is 13.8 Å². The lowest BCUT2D eigenvalue weighted by atomic mass is 9.85. The maximum Gasteiger partial charge on any atom is 0.414 e. The molecule has 0 bridgehead atoms. The number of ether oxygens (including phenoxy) is 2. The third-order valence-corrected chi connectivity index (χ3v) is 4.73. The second-order valence-corrected chi connectivity index (χ2v) is 8.67. The van der Waals surface area contributed by atoms with Crippen molar-refractivity contribution < 1.29 is 26.9 Å². The van der Waals surface area contributed by atoms with Gasteiger partial charge in [-0.05, 0) is 50.2 Å². The molecule has 1 aliphatic rings. The zero-order chi connectivity index (χ0) is 19.8. The highest BCUT2D eigenvalue weighted by atomic mass is 35.5. The van der Waals surface area contributed by atoms with E-state index in [0.29, 0.717) is 22.0 Å². The van der Waals surface area contributed by atoms with E-state index in [0.717, 1.165) is 6.26 Å². The Balaban J connectivity index is 1.75. The maximum absolute atomic E-state index is 12.2. The van der Waals surface area contributed by atoms with Gasteiger partial charge >= 0.3 is 16.2 Å². The highest BCUT2D eigenvalue weighted by molar-refractivity contribution is 7.86. The predicted molar refractivity (Wildman–Crippen MR) is 101 cm³/mol. The summed E-state index contributed by atoms with van der Waals surface area (Å²) in [7, 11) is -3.65. The number of carbonyl (C=O) groups excluding carboxylic acids is 1. The van der Waals surface area contributed by atoms with Crippen LogP contribution in [-0.2, 0) is 20.3 Å². The molecule has 144 valence electrons.